The van der Waals surface area contributed by atoms with Crippen LogP contribution in [0.2, 0.25) is 0 Å². The molecule has 0 radical (unpaired) electrons. The van der Waals surface area contributed by atoms with Gasteiger partial charge in [-0.15, -0.1) is 0 Å². The van der Waals surface area contributed by atoms with E-state index < -0.39 is 28.6 Å². The molecule has 3 N–H and O–H groups in total. The fourth-order valence-corrected chi connectivity index (χ4v) is 2.57. The molecule has 1 aromatic rings. The first kappa shape index (κ1) is 13.8. The Balaban J connectivity index is 2.23. The SMILES string of the molecule is CC1(NC(=O)c2c(F)ccc(N)c2F)CCCCC1. The lowest BCUT2D eigenvalue weighted by atomic mass is 9.83. The van der Waals surface area contributed by atoms with Gasteiger partial charge < -0.3 is 11.1 Å². The Bertz CT molecular complexity index is 496. The van der Waals surface area contributed by atoms with Crippen LogP contribution in [0, 0.1) is 11.6 Å². The first-order valence-electron chi connectivity index (χ1n) is 6.49. The number of hydrogen-bond acceptors (Lipinski definition) is 2. The Morgan fingerprint density at radius 2 is 1.89 bits per heavy atom. The molecule has 1 fully saturated rings. The molecule has 1 aromatic carbocycles. The van der Waals surface area contributed by atoms with Gasteiger partial charge in [0.25, 0.3) is 5.91 Å². The van der Waals surface area contributed by atoms with Gasteiger partial charge in [0.2, 0.25) is 0 Å². The number of halogens is 2. The minimum Gasteiger partial charge on any atom is -0.396 e. The van der Waals surface area contributed by atoms with Gasteiger partial charge in [-0.3, -0.25) is 4.79 Å². The van der Waals surface area contributed by atoms with Crippen molar-refractivity contribution in [2.24, 2.45) is 0 Å². The van der Waals surface area contributed by atoms with Crippen molar-refractivity contribution in [1.29, 1.82) is 0 Å². The van der Waals surface area contributed by atoms with Crippen molar-refractivity contribution in [3.8, 4) is 0 Å². The molecule has 2 rings (SSSR count). The van der Waals surface area contributed by atoms with Gasteiger partial charge in [0.15, 0.2) is 5.82 Å². The number of benzene rings is 1. The zero-order valence-corrected chi connectivity index (χ0v) is 10.9. The maximum atomic E-state index is 13.8. The second kappa shape index (κ2) is 5.15. The summed E-state index contributed by atoms with van der Waals surface area (Å²) >= 11 is 0. The van der Waals surface area contributed by atoms with Crippen molar-refractivity contribution in [2.45, 2.75) is 44.6 Å². The monoisotopic (exact) mass is 268 g/mol. The summed E-state index contributed by atoms with van der Waals surface area (Å²) in [7, 11) is 0. The number of amides is 1. The van der Waals surface area contributed by atoms with Crippen molar-refractivity contribution in [3.63, 3.8) is 0 Å². The fraction of sp³-hybridized carbons (Fsp3) is 0.500. The Hall–Kier alpha value is -1.65. The second-order valence-electron chi connectivity index (χ2n) is 5.40. The predicted molar refractivity (Wildman–Crippen MR) is 69.7 cm³/mol. The van der Waals surface area contributed by atoms with Crippen LogP contribution < -0.4 is 11.1 Å². The average Bonchev–Trinajstić information content (AvgIpc) is 2.34. The first-order chi connectivity index (χ1) is 8.93. The number of nitrogens with two attached hydrogens (primary N) is 1. The van der Waals surface area contributed by atoms with Gasteiger partial charge in [0.05, 0.1) is 5.69 Å². The molecule has 0 spiro atoms. The highest BCUT2D eigenvalue weighted by atomic mass is 19.1. The van der Waals surface area contributed by atoms with Crippen molar-refractivity contribution < 1.29 is 13.6 Å². The van der Waals surface area contributed by atoms with E-state index in [2.05, 4.69) is 5.32 Å². The third-order valence-electron chi connectivity index (χ3n) is 3.72. The van der Waals surface area contributed by atoms with Gasteiger partial charge >= 0.3 is 0 Å². The van der Waals surface area contributed by atoms with Crippen molar-refractivity contribution in [3.05, 3.63) is 29.3 Å². The summed E-state index contributed by atoms with van der Waals surface area (Å²) < 4.78 is 27.4. The molecule has 1 amide bonds. The van der Waals surface area contributed by atoms with Gasteiger partial charge in [-0.05, 0) is 31.9 Å². The number of nitrogens with one attached hydrogen (secondary N) is 1. The first-order valence-corrected chi connectivity index (χ1v) is 6.49. The lowest BCUT2D eigenvalue weighted by molar-refractivity contribution is 0.0874. The zero-order valence-electron chi connectivity index (χ0n) is 10.9. The Morgan fingerprint density at radius 3 is 2.53 bits per heavy atom. The highest BCUT2D eigenvalue weighted by molar-refractivity contribution is 5.96. The molecule has 3 nitrogen and oxygen atoms in total. The zero-order chi connectivity index (χ0) is 14.0. The molecule has 5 heteroatoms. The topological polar surface area (TPSA) is 55.1 Å². The molecule has 104 valence electrons. The maximum Gasteiger partial charge on any atom is 0.257 e. The molecule has 1 aliphatic rings. The summed E-state index contributed by atoms with van der Waals surface area (Å²) in [6, 6.07) is 2.13. The minimum absolute atomic E-state index is 0.222. The summed E-state index contributed by atoms with van der Waals surface area (Å²) in [5, 5.41) is 2.75. The summed E-state index contributed by atoms with van der Waals surface area (Å²) in [6.45, 7) is 1.91. The van der Waals surface area contributed by atoms with Crippen molar-refractivity contribution in [2.75, 3.05) is 5.73 Å². The summed E-state index contributed by atoms with van der Waals surface area (Å²) in [5.74, 6) is -2.60. The van der Waals surface area contributed by atoms with Gasteiger partial charge in [0, 0.05) is 5.54 Å². The van der Waals surface area contributed by atoms with E-state index in [0.717, 1.165) is 44.2 Å². The summed E-state index contributed by atoms with van der Waals surface area (Å²) in [6.07, 6.45) is 4.80. The van der Waals surface area contributed by atoms with Crippen LogP contribution in [0.3, 0.4) is 0 Å². The maximum absolute atomic E-state index is 13.8. The number of nitrogen functional groups attached to an aromatic ring is 1. The van der Waals surface area contributed by atoms with E-state index >= 15 is 0 Å². The Kier molecular flexibility index (Phi) is 3.73. The van der Waals surface area contributed by atoms with Gasteiger partial charge in [-0.1, -0.05) is 19.3 Å². The van der Waals surface area contributed by atoms with Crippen LogP contribution in [-0.4, -0.2) is 11.4 Å². The molecular weight excluding hydrogens is 250 g/mol. The molecule has 0 bridgehead atoms. The van der Waals surface area contributed by atoms with Crippen LogP contribution in [0.5, 0.6) is 0 Å². The lowest BCUT2D eigenvalue weighted by Gasteiger charge is -2.34. The van der Waals surface area contributed by atoms with Gasteiger partial charge in [-0.2, -0.15) is 0 Å². The standard InChI is InChI=1S/C14H18F2N2O/c1-14(7-3-2-4-8-14)18-13(19)11-9(15)5-6-10(17)12(11)16/h5-6H,2-4,7-8,17H2,1H3,(H,18,19). The number of carbonyl (C=O) groups is 1. The van der Waals surface area contributed by atoms with Gasteiger partial charge in [-0.25, -0.2) is 8.78 Å². The molecule has 0 heterocycles. The largest absolute Gasteiger partial charge is 0.396 e. The van der Waals surface area contributed by atoms with E-state index in [1.165, 1.54) is 0 Å². The molecule has 1 aliphatic carbocycles. The van der Waals surface area contributed by atoms with Crippen molar-refractivity contribution >= 4 is 11.6 Å². The molecule has 0 aromatic heterocycles. The normalized spacial score (nSPS) is 18.1. The fourth-order valence-electron chi connectivity index (χ4n) is 2.57. The number of anilines is 1. The molecule has 0 aliphatic heterocycles. The van der Waals surface area contributed by atoms with E-state index in [9.17, 15) is 13.6 Å². The van der Waals surface area contributed by atoms with Crippen LogP contribution in [0.25, 0.3) is 0 Å². The van der Waals surface area contributed by atoms with Crippen LogP contribution in [-0.2, 0) is 0 Å². The molecule has 0 unspecified atom stereocenters. The van der Waals surface area contributed by atoms with E-state index in [-0.39, 0.29) is 5.69 Å². The van der Waals surface area contributed by atoms with E-state index in [0.29, 0.717) is 0 Å². The Morgan fingerprint density at radius 1 is 1.26 bits per heavy atom. The highest BCUT2D eigenvalue weighted by Gasteiger charge is 2.31. The van der Waals surface area contributed by atoms with E-state index in [4.69, 9.17) is 5.73 Å². The minimum atomic E-state index is -0.989. The molecule has 19 heavy (non-hydrogen) atoms. The van der Waals surface area contributed by atoms with Gasteiger partial charge in [0.1, 0.15) is 11.4 Å². The number of rotatable bonds is 2. The quantitative estimate of drug-likeness (QED) is 0.810. The second-order valence-corrected chi connectivity index (χ2v) is 5.40. The highest BCUT2D eigenvalue weighted by Crippen LogP contribution is 2.28. The van der Waals surface area contributed by atoms with Crippen LogP contribution >= 0.6 is 0 Å². The Labute approximate surface area is 111 Å². The molecule has 0 atom stereocenters. The van der Waals surface area contributed by atoms with E-state index in [1.54, 1.807) is 0 Å². The van der Waals surface area contributed by atoms with Crippen molar-refractivity contribution in [1.82, 2.24) is 5.32 Å². The van der Waals surface area contributed by atoms with Crippen LogP contribution in [0.1, 0.15) is 49.4 Å². The summed E-state index contributed by atoms with van der Waals surface area (Å²) in [5.41, 5.74) is 4.17. The smallest absolute Gasteiger partial charge is 0.257 e. The molecular formula is C14H18F2N2O. The predicted octanol–water partition coefficient (Wildman–Crippen LogP) is 3.00. The number of hydrogen-bond donors (Lipinski definition) is 2. The van der Waals surface area contributed by atoms with Crippen LogP contribution in [0.4, 0.5) is 14.5 Å². The lowest BCUT2D eigenvalue weighted by Crippen LogP contribution is -2.47. The number of carbonyl (C=O) groups excluding carboxylic acids is 1. The third kappa shape index (κ3) is 2.85. The molecule has 1 saturated carbocycles. The molecule has 0 saturated heterocycles. The third-order valence-corrected chi connectivity index (χ3v) is 3.72. The average molecular weight is 268 g/mol. The summed E-state index contributed by atoms with van der Waals surface area (Å²) in [4.78, 5) is 12.1. The van der Waals surface area contributed by atoms with E-state index in [1.807, 2.05) is 6.92 Å². The van der Waals surface area contributed by atoms with Crippen LogP contribution in [0.15, 0.2) is 12.1 Å².